The van der Waals surface area contributed by atoms with Crippen molar-refractivity contribution in [2.75, 3.05) is 0 Å². The van der Waals surface area contributed by atoms with Crippen molar-refractivity contribution < 1.29 is 4.79 Å². The lowest BCUT2D eigenvalue weighted by molar-refractivity contribution is 0.0907. The summed E-state index contributed by atoms with van der Waals surface area (Å²) in [6.45, 7) is 6.83. The van der Waals surface area contributed by atoms with Gasteiger partial charge in [0.1, 0.15) is 0 Å². The van der Waals surface area contributed by atoms with Crippen LogP contribution in [0.4, 0.5) is 0 Å². The van der Waals surface area contributed by atoms with Gasteiger partial charge in [-0.1, -0.05) is 24.1 Å². The van der Waals surface area contributed by atoms with E-state index in [0.717, 1.165) is 17.1 Å². The molecule has 1 aliphatic carbocycles. The molecule has 0 aromatic carbocycles. The summed E-state index contributed by atoms with van der Waals surface area (Å²) < 4.78 is 1.89. The maximum atomic E-state index is 12.6. The number of carbonyl (C=O) groups excluding carboxylic acids is 1. The molecule has 5 nitrogen and oxygen atoms in total. The fourth-order valence-electron chi connectivity index (χ4n) is 3.22. The van der Waals surface area contributed by atoms with Crippen molar-refractivity contribution in [2.24, 2.45) is 5.92 Å². The first-order valence-electron chi connectivity index (χ1n) is 8.24. The molecule has 2 heterocycles. The normalized spacial score (nSPS) is 16.0. The van der Waals surface area contributed by atoms with E-state index in [1.807, 2.05) is 43.0 Å². The fourth-order valence-corrected chi connectivity index (χ4v) is 4.03. The molecule has 0 aliphatic heterocycles. The van der Waals surface area contributed by atoms with E-state index in [1.165, 1.54) is 25.7 Å². The van der Waals surface area contributed by atoms with Crippen LogP contribution >= 0.6 is 11.3 Å². The van der Waals surface area contributed by atoms with Gasteiger partial charge in [-0.3, -0.25) is 4.79 Å². The molecule has 0 spiro atoms. The van der Waals surface area contributed by atoms with Gasteiger partial charge in [0.2, 0.25) is 0 Å². The van der Waals surface area contributed by atoms with Gasteiger partial charge in [0.25, 0.3) is 5.91 Å². The summed E-state index contributed by atoms with van der Waals surface area (Å²) in [5.74, 6) is 0.521. The first-order valence-corrected chi connectivity index (χ1v) is 9.12. The van der Waals surface area contributed by atoms with Crippen molar-refractivity contribution in [3.8, 4) is 0 Å². The van der Waals surface area contributed by atoms with Crippen LogP contribution in [0.3, 0.4) is 0 Å². The summed E-state index contributed by atoms with van der Waals surface area (Å²) in [6, 6.07) is 4.03. The number of aromatic nitrogens is 3. The lowest BCUT2D eigenvalue weighted by Crippen LogP contribution is -2.40. The number of hydrogen-bond acceptors (Lipinski definition) is 4. The van der Waals surface area contributed by atoms with Crippen LogP contribution in [0.1, 0.15) is 60.6 Å². The second-order valence-corrected chi connectivity index (χ2v) is 7.86. The predicted molar refractivity (Wildman–Crippen MR) is 91.5 cm³/mol. The summed E-state index contributed by atoms with van der Waals surface area (Å²) in [5.41, 5.74) is 0.886. The minimum atomic E-state index is -0.410. The molecular formula is C17H24N4OS. The standard InChI is InChI=1S/C17H24N4OS/c1-12-15(19-20-21(12)11-13-7-4-5-8-13)16(22)18-17(2,3)14-9-6-10-23-14/h6,9-10,13H,4-5,7-8,11H2,1-3H3,(H,18,22). The van der Waals surface area contributed by atoms with Crippen molar-refractivity contribution in [2.45, 2.75) is 58.5 Å². The lowest BCUT2D eigenvalue weighted by Gasteiger charge is -2.24. The van der Waals surface area contributed by atoms with Gasteiger partial charge in [-0.2, -0.15) is 0 Å². The molecule has 2 aromatic heterocycles. The van der Waals surface area contributed by atoms with Gasteiger partial charge in [-0.25, -0.2) is 4.68 Å². The number of carbonyl (C=O) groups is 1. The molecule has 124 valence electrons. The lowest BCUT2D eigenvalue weighted by atomic mass is 10.0. The summed E-state index contributed by atoms with van der Waals surface area (Å²) >= 11 is 1.64. The monoisotopic (exact) mass is 332 g/mol. The molecule has 1 fully saturated rings. The minimum Gasteiger partial charge on any atom is -0.341 e. The molecule has 3 rings (SSSR count). The van der Waals surface area contributed by atoms with Gasteiger partial charge in [0.15, 0.2) is 5.69 Å². The van der Waals surface area contributed by atoms with Crippen LogP contribution in [0.5, 0.6) is 0 Å². The molecule has 1 saturated carbocycles. The Kier molecular flexibility index (Phi) is 4.53. The zero-order valence-corrected chi connectivity index (χ0v) is 14.8. The Morgan fingerprint density at radius 1 is 1.43 bits per heavy atom. The zero-order valence-electron chi connectivity index (χ0n) is 14.0. The number of rotatable bonds is 5. The van der Waals surface area contributed by atoms with Crippen molar-refractivity contribution >= 4 is 17.2 Å². The number of amides is 1. The van der Waals surface area contributed by atoms with Crippen molar-refractivity contribution in [3.63, 3.8) is 0 Å². The Morgan fingerprint density at radius 2 is 2.17 bits per heavy atom. The number of hydrogen-bond donors (Lipinski definition) is 1. The van der Waals surface area contributed by atoms with E-state index in [9.17, 15) is 4.79 Å². The SMILES string of the molecule is Cc1c(C(=O)NC(C)(C)c2cccs2)nnn1CC1CCCC1. The van der Waals surface area contributed by atoms with Gasteiger partial charge >= 0.3 is 0 Å². The molecule has 0 saturated heterocycles. The Hall–Kier alpha value is -1.69. The van der Waals surface area contributed by atoms with Crippen LogP contribution in [-0.4, -0.2) is 20.9 Å². The molecule has 0 radical (unpaired) electrons. The molecule has 6 heteroatoms. The van der Waals surface area contributed by atoms with Gasteiger partial charge in [-0.05, 0) is 51.0 Å². The third-order valence-corrected chi connectivity index (χ3v) is 5.86. The molecular weight excluding hydrogens is 308 g/mol. The van der Waals surface area contributed by atoms with Gasteiger partial charge in [0.05, 0.1) is 11.2 Å². The Bertz CT molecular complexity index is 669. The summed E-state index contributed by atoms with van der Waals surface area (Å²) in [5, 5.41) is 13.4. The van der Waals surface area contributed by atoms with Crippen molar-refractivity contribution in [1.29, 1.82) is 0 Å². The van der Waals surface area contributed by atoms with Crippen LogP contribution in [0.2, 0.25) is 0 Å². The highest BCUT2D eigenvalue weighted by molar-refractivity contribution is 7.10. The Labute approximate surface area is 141 Å². The van der Waals surface area contributed by atoms with E-state index in [0.29, 0.717) is 11.6 Å². The molecule has 23 heavy (non-hydrogen) atoms. The average molecular weight is 332 g/mol. The van der Waals surface area contributed by atoms with Crippen molar-refractivity contribution in [3.05, 3.63) is 33.8 Å². The second-order valence-electron chi connectivity index (χ2n) is 6.91. The third kappa shape index (κ3) is 3.47. The Morgan fingerprint density at radius 3 is 2.83 bits per heavy atom. The molecule has 2 aromatic rings. The molecule has 1 aliphatic rings. The van der Waals surface area contributed by atoms with Gasteiger partial charge in [0, 0.05) is 11.4 Å². The summed E-state index contributed by atoms with van der Waals surface area (Å²) in [6.07, 6.45) is 5.12. The number of thiophene rings is 1. The molecule has 1 N–H and O–H groups in total. The molecule has 0 atom stereocenters. The van der Waals surface area contributed by atoms with Gasteiger partial charge < -0.3 is 5.32 Å². The van der Waals surface area contributed by atoms with Crippen LogP contribution in [0.15, 0.2) is 17.5 Å². The van der Waals surface area contributed by atoms with Crippen LogP contribution < -0.4 is 5.32 Å². The first kappa shape index (κ1) is 16.2. The highest BCUT2D eigenvalue weighted by Gasteiger charge is 2.27. The van der Waals surface area contributed by atoms with E-state index >= 15 is 0 Å². The number of nitrogens with one attached hydrogen (secondary N) is 1. The second kappa shape index (κ2) is 6.43. The highest BCUT2D eigenvalue weighted by atomic mass is 32.1. The topological polar surface area (TPSA) is 59.8 Å². The largest absolute Gasteiger partial charge is 0.341 e. The van der Waals surface area contributed by atoms with E-state index in [2.05, 4.69) is 15.6 Å². The van der Waals surface area contributed by atoms with Crippen molar-refractivity contribution in [1.82, 2.24) is 20.3 Å². The van der Waals surface area contributed by atoms with Gasteiger partial charge in [-0.15, -0.1) is 16.4 Å². The van der Waals surface area contributed by atoms with Crippen LogP contribution in [0.25, 0.3) is 0 Å². The maximum Gasteiger partial charge on any atom is 0.274 e. The Balaban J connectivity index is 1.71. The average Bonchev–Trinajstić information content (AvgIpc) is 3.22. The molecule has 0 unspecified atom stereocenters. The minimum absolute atomic E-state index is 0.154. The smallest absolute Gasteiger partial charge is 0.274 e. The van der Waals surface area contributed by atoms with E-state index in [1.54, 1.807) is 11.3 Å². The first-order chi connectivity index (χ1) is 11.0. The molecule has 0 bridgehead atoms. The number of nitrogens with zero attached hydrogens (tertiary/aromatic N) is 3. The molecule has 1 amide bonds. The summed E-state index contributed by atoms with van der Waals surface area (Å²) in [4.78, 5) is 13.7. The predicted octanol–water partition coefficient (Wildman–Crippen LogP) is 3.50. The highest BCUT2D eigenvalue weighted by Crippen LogP contribution is 2.27. The fraction of sp³-hybridized carbons (Fsp3) is 0.588. The quantitative estimate of drug-likeness (QED) is 0.911. The zero-order chi connectivity index (χ0) is 16.4. The van der Waals surface area contributed by atoms with E-state index < -0.39 is 5.54 Å². The third-order valence-electron chi connectivity index (χ3n) is 4.67. The van der Waals surface area contributed by atoms with E-state index in [4.69, 9.17) is 0 Å². The van der Waals surface area contributed by atoms with Crippen LogP contribution in [0, 0.1) is 12.8 Å². The summed E-state index contributed by atoms with van der Waals surface area (Å²) in [7, 11) is 0. The van der Waals surface area contributed by atoms with Crippen LogP contribution in [-0.2, 0) is 12.1 Å². The van der Waals surface area contributed by atoms with E-state index in [-0.39, 0.29) is 5.91 Å². The maximum absolute atomic E-state index is 12.6.